The lowest BCUT2D eigenvalue weighted by Crippen LogP contribution is -2.53. The third-order valence-corrected chi connectivity index (χ3v) is 9.77. The van der Waals surface area contributed by atoms with Gasteiger partial charge < -0.3 is 10.2 Å². The molecule has 0 unspecified atom stereocenters. The first-order chi connectivity index (χ1) is 19.6. The van der Waals surface area contributed by atoms with Crippen molar-refractivity contribution in [3.8, 4) is 0 Å². The van der Waals surface area contributed by atoms with Crippen molar-refractivity contribution >= 4 is 27.5 Å². The maximum absolute atomic E-state index is 14.1. The minimum atomic E-state index is -4.09. The Morgan fingerprint density at radius 2 is 1.54 bits per heavy atom. The largest absolute Gasteiger partial charge is 0.352 e. The molecule has 1 aliphatic carbocycles. The van der Waals surface area contributed by atoms with Gasteiger partial charge in [-0.15, -0.1) is 0 Å². The molecule has 3 aromatic rings. The number of amides is 2. The molecular weight excluding hydrogens is 534 g/mol. The summed E-state index contributed by atoms with van der Waals surface area (Å²) in [5.41, 5.74) is 4.13. The second kappa shape index (κ2) is 13.3. The average molecular weight is 576 g/mol. The van der Waals surface area contributed by atoms with Gasteiger partial charge in [0.25, 0.3) is 10.0 Å². The molecule has 0 spiro atoms. The zero-order chi connectivity index (χ0) is 29.6. The lowest BCUT2D eigenvalue weighted by atomic mass is 9.95. The van der Waals surface area contributed by atoms with Crippen LogP contribution in [0.4, 0.5) is 5.69 Å². The summed E-state index contributed by atoms with van der Waals surface area (Å²) >= 11 is 0. The van der Waals surface area contributed by atoms with Crippen LogP contribution >= 0.6 is 0 Å². The van der Waals surface area contributed by atoms with Crippen molar-refractivity contribution in [3.63, 3.8) is 0 Å². The second-order valence-electron chi connectivity index (χ2n) is 11.1. The third-order valence-electron chi connectivity index (χ3n) is 7.98. The van der Waals surface area contributed by atoms with Crippen molar-refractivity contribution in [2.75, 3.05) is 10.8 Å². The van der Waals surface area contributed by atoms with Gasteiger partial charge in [-0.1, -0.05) is 73.4 Å². The van der Waals surface area contributed by atoms with Crippen LogP contribution in [0.25, 0.3) is 0 Å². The molecular formula is C33H41N3O4S. The van der Waals surface area contributed by atoms with Crippen LogP contribution in [0.5, 0.6) is 0 Å². The highest BCUT2D eigenvalue weighted by Gasteiger charge is 2.33. The van der Waals surface area contributed by atoms with Crippen LogP contribution in [-0.4, -0.2) is 43.8 Å². The summed E-state index contributed by atoms with van der Waals surface area (Å²) in [6.45, 7) is 7.22. The number of anilines is 1. The fourth-order valence-corrected chi connectivity index (χ4v) is 6.58. The molecule has 2 amide bonds. The molecule has 41 heavy (non-hydrogen) atoms. The van der Waals surface area contributed by atoms with Gasteiger partial charge in [0.15, 0.2) is 0 Å². The summed E-state index contributed by atoms with van der Waals surface area (Å²) in [6.07, 6.45) is 5.19. The molecule has 1 aliphatic rings. The molecule has 218 valence electrons. The van der Waals surface area contributed by atoms with E-state index in [1.165, 1.54) is 11.3 Å². The third kappa shape index (κ3) is 7.55. The first kappa shape index (κ1) is 30.3. The number of rotatable bonds is 10. The molecule has 1 fully saturated rings. The summed E-state index contributed by atoms with van der Waals surface area (Å²) in [5, 5.41) is 3.14. The van der Waals surface area contributed by atoms with E-state index in [0.29, 0.717) is 5.69 Å². The zero-order valence-electron chi connectivity index (χ0n) is 24.5. The maximum atomic E-state index is 14.1. The minimum Gasteiger partial charge on any atom is -0.352 e. The van der Waals surface area contributed by atoms with Crippen LogP contribution < -0.4 is 9.62 Å². The Hall–Kier alpha value is -3.65. The quantitative estimate of drug-likeness (QED) is 0.337. The molecule has 0 heterocycles. The predicted octanol–water partition coefficient (Wildman–Crippen LogP) is 5.67. The number of nitrogens with zero attached hydrogens (tertiary/aromatic N) is 2. The van der Waals surface area contributed by atoms with Crippen molar-refractivity contribution in [3.05, 3.63) is 95.1 Å². The van der Waals surface area contributed by atoms with Gasteiger partial charge in [-0.05, 0) is 81.5 Å². The molecule has 1 atom stereocenters. The van der Waals surface area contributed by atoms with Crippen molar-refractivity contribution in [1.82, 2.24) is 10.2 Å². The summed E-state index contributed by atoms with van der Waals surface area (Å²) in [4.78, 5) is 29.1. The maximum Gasteiger partial charge on any atom is 0.264 e. The SMILES string of the molecule is Cc1ccc(S(=O)(=O)N(CC(=O)N(Cc2ccccc2)[C@@H](C)C(=O)NC2CCCCC2)c2ccc(C)c(C)c2)cc1. The number of carbonyl (C=O) groups excluding carboxylic acids is 2. The van der Waals surface area contributed by atoms with E-state index in [2.05, 4.69) is 5.32 Å². The number of hydrogen-bond donors (Lipinski definition) is 1. The summed E-state index contributed by atoms with van der Waals surface area (Å²) in [6, 6.07) is 20.7. The van der Waals surface area contributed by atoms with E-state index in [4.69, 9.17) is 0 Å². The van der Waals surface area contributed by atoms with Crippen LogP contribution in [0.2, 0.25) is 0 Å². The Morgan fingerprint density at radius 3 is 2.17 bits per heavy atom. The van der Waals surface area contributed by atoms with Gasteiger partial charge in [-0.3, -0.25) is 13.9 Å². The number of carbonyl (C=O) groups is 2. The summed E-state index contributed by atoms with van der Waals surface area (Å²) in [7, 11) is -4.09. The van der Waals surface area contributed by atoms with E-state index in [1.807, 2.05) is 57.2 Å². The Kier molecular flexibility index (Phi) is 9.86. The van der Waals surface area contributed by atoms with E-state index in [0.717, 1.165) is 52.2 Å². The Balaban J connectivity index is 1.68. The molecule has 0 aromatic heterocycles. The van der Waals surface area contributed by atoms with Gasteiger partial charge >= 0.3 is 0 Å². The molecule has 1 N–H and O–H groups in total. The van der Waals surface area contributed by atoms with Gasteiger partial charge in [0, 0.05) is 12.6 Å². The molecule has 8 heteroatoms. The first-order valence-electron chi connectivity index (χ1n) is 14.4. The van der Waals surface area contributed by atoms with E-state index in [1.54, 1.807) is 43.3 Å². The zero-order valence-corrected chi connectivity index (χ0v) is 25.3. The van der Waals surface area contributed by atoms with Crippen LogP contribution in [0.15, 0.2) is 77.7 Å². The van der Waals surface area contributed by atoms with Gasteiger partial charge in [0.05, 0.1) is 10.6 Å². The van der Waals surface area contributed by atoms with Crippen LogP contribution in [0.3, 0.4) is 0 Å². The highest BCUT2D eigenvalue weighted by atomic mass is 32.2. The topological polar surface area (TPSA) is 86.8 Å². The highest BCUT2D eigenvalue weighted by Crippen LogP contribution is 2.27. The monoisotopic (exact) mass is 575 g/mol. The van der Waals surface area contributed by atoms with Crippen LogP contribution in [0, 0.1) is 20.8 Å². The van der Waals surface area contributed by atoms with Crippen molar-refractivity contribution in [1.29, 1.82) is 0 Å². The lowest BCUT2D eigenvalue weighted by molar-refractivity contribution is -0.139. The van der Waals surface area contributed by atoms with Gasteiger partial charge in [0.1, 0.15) is 12.6 Å². The normalized spacial score (nSPS) is 14.7. The van der Waals surface area contributed by atoms with Crippen molar-refractivity contribution in [2.24, 2.45) is 0 Å². The molecule has 3 aromatic carbocycles. The molecule has 7 nitrogen and oxygen atoms in total. The lowest BCUT2D eigenvalue weighted by Gasteiger charge is -2.33. The van der Waals surface area contributed by atoms with Crippen molar-refractivity contribution < 1.29 is 18.0 Å². The summed E-state index contributed by atoms with van der Waals surface area (Å²) in [5.74, 6) is -0.672. The number of aryl methyl sites for hydroxylation is 3. The first-order valence-corrected chi connectivity index (χ1v) is 15.8. The van der Waals surface area contributed by atoms with E-state index in [-0.39, 0.29) is 23.4 Å². The van der Waals surface area contributed by atoms with Crippen LogP contribution in [0.1, 0.15) is 61.3 Å². The van der Waals surface area contributed by atoms with E-state index >= 15 is 0 Å². The van der Waals surface area contributed by atoms with E-state index in [9.17, 15) is 18.0 Å². The standard InChI is InChI=1S/C33H41N3O4S/c1-24-15-19-31(20-16-24)41(39,40)36(30-18-17-25(2)26(3)21-30)23-32(37)35(22-28-11-7-5-8-12-28)27(4)33(38)34-29-13-9-6-10-14-29/h5,7-8,11-12,15-21,27,29H,6,9-10,13-14,22-23H2,1-4H3,(H,34,38)/t27-/m0/s1. The number of sulfonamides is 1. The Bertz CT molecular complexity index is 1450. The molecule has 0 aliphatic heterocycles. The highest BCUT2D eigenvalue weighted by molar-refractivity contribution is 7.92. The van der Waals surface area contributed by atoms with Gasteiger partial charge in [-0.2, -0.15) is 0 Å². The molecule has 0 saturated heterocycles. The molecule has 1 saturated carbocycles. The molecule has 0 radical (unpaired) electrons. The Labute approximate surface area is 244 Å². The smallest absolute Gasteiger partial charge is 0.264 e. The van der Waals surface area contributed by atoms with Crippen LogP contribution in [-0.2, 0) is 26.2 Å². The Morgan fingerprint density at radius 1 is 0.878 bits per heavy atom. The minimum absolute atomic E-state index is 0.0984. The summed E-state index contributed by atoms with van der Waals surface area (Å²) < 4.78 is 29.2. The fraction of sp³-hybridized carbons (Fsp3) is 0.394. The number of nitrogens with one attached hydrogen (secondary N) is 1. The fourth-order valence-electron chi connectivity index (χ4n) is 5.18. The van der Waals surface area contributed by atoms with E-state index < -0.39 is 28.5 Å². The molecule has 0 bridgehead atoms. The predicted molar refractivity (Wildman–Crippen MR) is 163 cm³/mol. The molecule has 4 rings (SSSR count). The van der Waals surface area contributed by atoms with Crippen molar-refractivity contribution in [2.45, 2.75) is 83.3 Å². The average Bonchev–Trinajstić information content (AvgIpc) is 2.97. The number of benzene rings is 3. The second-order valence-corrected chi connectivity index (χ2v) is 13.0. The van der Waals surface area contributed by atoms with Gasteiger partial charge in [-0.25, -0.2) is 8.42 Å². The number of hydrogen-bond acceptors (Lipinski definition) is 4. The van der Waals surface area contributed by atoms with Gasteiger partial charge in [0.2, 0.25) is 11.8 Å².